The summed E-state index contributed by atoms with van der Waals surface area (Å²) in [4.78, 5) is 8.63. The number of hydrogen-bond donors (Lipinski definition) is 1. The predicted octanol–water partition coefficient (Wildman–Crippen LogP) is 1.97. The lowest BCUT2D eigenvalue weighted by Crippen LogP contribution is -2.06. The lowest BCUT2D eigenvalue weighted by atomic mass is 10.0. The second-order valence-corrected chi connectivity index (χ2v) is 4.82. The summed E-state index contributed by atoms with van der Waals surface area (Å²) in [5.41, 5.74) is 6.48. The number of pyridine rings is 1. The average molecular weight is 260 g/mol. The highest BCUT2D eigenvalue weighted by molar-refractivity contribution is 5.09. The fourth-order valence-corrected chi connectivity index (χ4v) is 1.93. The molecule has 2 aromatic heterocycles. The van der Waals surface area contributed by atoms with Gasteiger partial charge in [-0.15, -0.1) is 0 Å². The molecule has 2 rings (SSSR count). The topological polar surface area (TPSA) is 77.8 Å². The van der Waals surface area contributed by atoms with Gasteiger partial charge in [-0.2, -0.15) is 4.98 Å². The van der Waals surface area contributed by atoms with Gasteiger partial charge in [0.15, 0.2) is 5.82 Å². The first-order valence-electron chi connectivity index (χ1n) is 6.69. The van der Waals surface area contributed by atoms with Crippen molar-refractivity contribution in [1.82, 2.24) is 15.1 Å². The van der Waals surface area contributed by atoms with Crippen LogP contribution < -0.4 is 5.73 Å². The summed E-state index contributed by atoms with van der Waals surface area (Å²) < 4.78 is 5.25. The Morgan fingerprint density at radius 2 is 2.21 bits per heavy atom. The van der Waals surface area contributed by atoms with Crippen LogP contribution in [0.3, 0.4) is 0 Å². The first-order valence-corrected chi connectivity index (χ1v) is 6.69. The SMILES string of the molecule is CC(CCN)CCc1nc(Cc2ccccn2)no1. The van der Waals surface area contributed by atoms with Crippen LogP contribution in [0.25, 0.3) is 0 Å². The number of aromatic nitrogens is 3. The van der Waals surface area contributed by atoms with Crippen molar-refractivity contribution in [2.24, 2.45) is 11.7 Å². The van der Waals surface area contributed by atoms with Gasteiger partial charge in [-0.3, -0.25) is 4.98 Å². The molecule has 2 heterocycles. The van der Waals surface area contributed by atoms with Gasteiger partial charge in [-0.1, -0.05) is 18.1 Å². The minimum atomic E-state index is 0.594. The largest absolute Gasteiger partial charge is 0.339 e. The van der Waals surface area contributed by atoms with Crippen LogP contribution in [0.15, 0.2) is 28.9 Å². The van der Waals surface area contributed by atoms with E-state index >= 15 is 0 Å². The van der Waals surface area contributed by atoms with Crippen LogP contribution in [0.1, 0.15) is 37.2 Å². The van der Waals surface area contributed by atoms with Crippen molar-refractivity contribution in [3.05, 3.63) is 41.8 Å². The zero-order valence-corrected chi connectivity index (χ0v) is 11.2. The predicted molar refractivity (Wildman–Crippen MR) is 72.5 cm³/mol. The molecule has 0 radical (unpaired) electrons. The van der Waals surface area contributed by atoms with Crippen molar-refractivity contribution in [3.63, 3.8) is 0 Å². The van der Waals surface area contributed by atoms with Gasteiger partial charge >= 0.3 is 0 Å². The summed E-state index contributed by atoms with van der Waals surface area (Å²) in [6, 6.07) is 5.81. The molecule has 5 nitrogen and oxygen atoms in total. The maximum atomic E-state index is 5.53. The summed E-state index contributed by atoms with van der Waals surface area (Å²) in [7, 11) is 0. The first kappa shape index (κ1) is 13.7. The Morgan fingerprint density at radius 3 is 2.95 bits per heavy atom. The maximum Gasteiger partial charge on any atom is 0.226 e. The first-order chi connectivity index (χ1) is 9.28. The van der Waals surface area contributed by atoms with Crippen LogP contribution in [-0.4, -0.2) is 21.7 Å². The number of aryl methyl sites for hydroxylation is 1. The van der Waals surface area contributed by atoms with Crippen LogP contribution in [0.4, 0.5) is 0 Å². The third kappa shape index (κ3) is 4.44. The van der Waals surface area contributed by atoms with E-state index in [9.17, 15) is 0 Å². The Morgan fingerprint density at radius 1 is 1.32 bits per heavy atom. The highest BCUT2D eigenvalue weighted by atomic mass is 16.5. The van der Waals surface area contributed by atoms with E-state index in [2.05, 4.69) is 22.0 Å². The summed E-state index contributed by atoms with van der Waals surface area (Å²) in [6.45, 7) is 2.92. The number of nitrogens with zero attached hydrogens (tertiary/aromatic N) is 3. The van der Waals surface area contributed by atoms with E-state index in [4.69, 9.17) is 10.3 Å². The molecule has 0 aliphatic carbocycles. The second-order valence-electron chi connectivity index (χ2n) is 4.82. The van der Waals surface area contributed by atoms with Gasteiger partial charge in [0.05, 0.1) is 6.42 Å². The molecule has 0 saturated heterocycles. The summed E-state index contributed by atoms with van der Waals surface area (Å²) >= 11 is 0. The monoisotopic (exact) mass is 260 g/mol. The van der Waals surface area contributed by atoms with Gasteiger partial charge in [0.1, 0.15) is 0 Å². The molecule has 1 unspecified atom stereocenters. The molecule has 0 aromatic carbocycles. The van der Waals surface area contributed by atoms with Crippen LogP contribution in [0.5, 0.6) is 0 Å². The molecule has 2 aromatic rings. The van der Waals surface area contributed by atoms with E-state index in [0.717, 1.165) is 31.5 Å². The van der Waals surface area contributed by atoms with Crippen molar-refractivity contribution >= 4 is 0 Å². The van der Waals surface area contributed by atoms with Gasteiger partial charge in [0.2, 0.25) is 5.89 Å². The lowest BCUT2D eigenvalue weighted by Gasteiger charge is -2.06. The number of hydrogen-bond acceptors (Lipinski definition) is 5. The van der Waals surface area contributed by atoms with E-state index < -0.39 is 0 Å². The quantitative estimate of drug-likeness (QED) is 0.823. The Labute approximate surface area is 113 Å². The van der Waals surface area contributed by atoms with Gasteiger partial charge in [-0.05, 0) is 37.4 Å². The molecular formula is C14H20N4O. The smallest absolute Gasteiger partial charge is 0.226 e. The molecule has 0 aliphatic rings. The van der Waals surface area contributed by atoms with Crippen LogP contribution >= 0.6 is 0 Å². The van der Waals surface area contributed by atoms with Crippen LogP contribution in [0.2, 0.25) is 0 Å². The molecule has 0 aliphatic heterocycles. The Balaban J connectivity index is 1.85. The number of nitrogens with two attached hydrogens (primary N) is 1. The molecule has 19 heavy (non-hydrogen) atoms. The average Bonchev–Trinajstić information content (AvgIpc) is 2.86. The van der Waals surface area contributed by atoms with Gasteiger partial charge < -0.3 is 10.3 Å². The van der Waals surface area contributed by atoms with E-state index in [0.29, 0.717) is 24.1 Å². The van der Waals surface area contributed by atoms with Gasteiger partial charge in [-0.25, -0.2) is 0 Å². The second kappa shape index (κ2) is 6.99. The zero-order valence-electron chi connectivity index (χ0n) is 11.2. The summed E-state index contributed by atoms with van der Waals surface area (Å²) in [5, 5.41) is 3.98. The molecular weight excluding hydrogens is 240 g/mol. The minimum Gasteiger partial charge on any atom is -0.339 e. The Bertz CT molecular complexity index is 483. The molecule has 0 amide bonds. The van der Waals surface area contributed by atoms with E-state index in [-0.39, 0.29) is 0 Å². The van der Waals surface area contributed by atoms with E-state index in [1.54, 1.807) is 6.20 Å². The summed E-state index contributed by atoms with van der Waals surface area (Å²) in [5.74, 6) is 1.99. The molecule has 1 atom stereocenters. The molecule has 102 valence electrons. The van der Waals surface area contributed by atoms with Crippen molar-refractivity contribution in [3.8, 4) is 0 Å². The molecule has 0 saturated carbocycles. The molecule has 5 heteroatoms. The van der Waals surface area contributed by atoms with E-state index in [1.165, 1.54) is 0 Å². The van der Waals surface area contributed by atoms with Crippen molar-refractivity contribution in [2.75, 3.05) is 6.54 Å². The lowest BCUT2D eigenvalue weighted by molar-refractivity contribution is 0.358. The summed E-state index contributed by atoms with van der Waals surface area (Å²) in [6.07, 6.45) is 5.27. The highest BCUT2D eigenvalue weighted by Gasteiger charge is 2.09. The van der Waals surface area contributed by atoms with E-state index in [1.807, 2.05) is 18.2 Å². The molecule has 2 N–H and O–H groups in total. The van der Waals surface area contributed by atoms with Crippen molar-refractivity contribution < 1.29 is 4.52 Å². The number of rotatable bonds is 7. The molecule has 0 bridgehead atoms. The Hall–Kier alpha value is -1.75. The van der Waals surface area contributed by atoms with Gasteiger partial charge in [0, 0.05) is 18.3 Å². The third-order valence-electron chi connectivity index (χ3n) is 3.09. The normalized spacial score (nSPS) is 12.5. The standard InChI is InChI=1S/C14H20N4O/c1-11(7-8-15)5-6-14-17-13(18-19-14)10-12-4-2-3-9-16-12/h2-4,9,11H,5-8,10,15H2,1H3. The fraction of sp³-hybridized carbons (Fsp3) is 0.500. The minimum absolute atomic E-state index is 0.594. The Kier molecular flexibility index (Phi) is 5.03. The molecule has 0 fully saturated rings. The zero-order chi connectivity index (χ0) is 13.5. The van der Waals surface area contributed by atoms with Crippen molar-refractivity contribution in [1.29, 1.82) is 0 Å². The van der Waals surface area contributed by atoms with Crippen molar-refractivity contribution in [2.45, 2.75) is 32.6 Å². The highest BCUT2D eigenvalue weighted by Crippen LogP contribution is 2.11. The molecule has 0 spiro atoms. The van der Waals surface area contributed by atoms with Gasteiger partial charge in [0.25, 0.3) is 0 Å². The fourth-order valence-electron chi connectivity index (χ4n) is 1.93. The van der Waals surface area contributed by atoms with Crippen LogP contribution in [-0.2, 0) is 12.8 Å². The third-order valence-corrected chi connectivity index (χ3v) is 3.09. The van der Waals surface area contributed by atoms with Crippen LogP contribution in [0, 0.1) is 5.92 Å². The maximum absolute atomic E-state index is 5.53.